The second kappa shape index (κ2) is 7.72. The summed E-state index contributed by atoms with van der Waals surface area (Å²) in [5, 5.41) is 3.69. The fraction of sp³-hybridized carbons (Fsp3) is 0.474. The monoisotopic (exact) mass is 392 g/mol. The molecule has 1 N–H and O–H groups in total. The minimum atomic E-state index is -3.93. The first kappa shape index (κ1) is 19.4. The molecule has 0 atom stereocenters. The van der Waals surface area contributed by atoms with Gasteiger partial charge in [0.2, 0.25) is 0 Å². The molecular weight excluding hydrogens is 368 g/mol. The van der Waals surface area contributed by atoms with Gasteiger partial charge in [-0.25, -0.2) is 8.42 Å². The van der Waals surface area contributed by atoms with Crippen LogP contribution in [0, 0.1) is 19.8 Å². The number of aromatic nitrogens is 1. The standard InChI is InChI=1S/C19H24N2O5S/c1-12-19(13(2)26-20-12)27(23,24)21-16-11-15(9-10-17(16)25-3)18(22)14-7-5-4-6-8-14/h9-11,14,21H,4-8H2,1-3H3. The van der Waals surface area contributed by atoms with Crippen LogP contribution in [0.5, 0.6) is 5.75 Å². The normalized spacial score (nSPS) is 15.5. The van der Waals surface area contributed by atoms with Gasteiger partial charge in [-0.1, -0.05) is 24.4 Å². The molecular formula is C19H24N2O5S. The van der Waals surface area contributed by atoms with Crippen molar-refractivity contribution in [2.45, 2.75) is 50.8 Å². The Bertz CT molecular complexity index is 924. The average molecular weight is 392 g/mol. The number of methoxy groups -OCH3 is 1. The van der Waals surface area contributed by atoms with Gasteiger partial charge in [0.05, 0.1) is 12.8 Å². The van der Waals surface area contributed by atoms with E-state index in [-0.39, 0.29) is 33.7 Å². The number of ether oxygens (including phenoxy) is 1. The molecule has 0 bridgehead atoms. The zero-order chi connectivity index (χ0) is 19.6. The van der Waals surface area contributed by atoms with Crippen LogP contribution < -0.4 is 9.46 Å². The number of carbonyl (C=O) groups is 1. The summed E-state index contributed by atoms with van der Waals surface area (Å²) in [5.41, 5.74) is 0.978. The minimum Gasteiger partial charge on any atom is -0.495 e. The van der Waals surface area contributed by atoms with Crippen molar-refractivity contribution in [1.29, 1.82) is 0 Å². The van der Waals surface area contributed by atoms with E-state index in [2.05, 4.69) is 9.88 Å². The van der Waals surface area contributed by atoms with E-state index in [0.29, 0.717) is 11.3 Å². The molecule has 3 rings (SSSR count). The van der Waals surface area contributed by atoms with E-state index in [1.807, 2.05) is 0 Å². The SMILES string of the molecule is COc1ccc(C(=O)C2CCCCC2)cc1NS(=O)(=O)c1c(C)noc1C. The molecule has 7 nitrogen and oxygen atoms in total. The number of nitrogens with one attached hydrogen (secondary N) is 1. The first-order chi connectivity index (χ1) is 12.8. The van der Waals surface area contributed by atoms with Crippen molar-refractivity contribution >= 4 is 21.5 Å². The van der Waals surface area contributed by atoms with Crippen LogP contribution >= 0.6 is 0 Å². The third-order valence-corrected chi connectivity index (χ3v) is 6.55. The van der Waals surface area contributed by atoms with E-state index >= 15 is 0 Å². The molecule has 0 saturated heterocycles. The van der Waals surface area contributed by atoms with Gasteiger partial charge in [-0.2, -0.15) is 0 Å². The first-order valence-corrected chi connectivity index (χ1v) is 10.5. The van der Waals surface area contributed by atoms with Crippen molar-refractivity contribution in [3.05, 3.63) is 35.2 Å². The highest BCUT2D eigenvalue weighted by atomic mass is 32.2. The summed E-state index contributed by atoms with van der Waals surface area (Å²) in [6, 6.07) is 4.84. The lowest BCUT2D eigenvalue weighted by atomic mass is 9.84. The van der Waals surface area contributed by atoms with Crippen LogP contribution in [0.1, 0.15) is 53.9 Å². The number of carbonyl (C=O) groups excluding carboxylic acids is 1. The van der Waals surface area contributed by atoms with E-state index in [9.17, 15) is 13.2 Å². The maximum Gasteiger partial charge on any atom is 0.267 e. The fourth-order valence-electron chi connectivity index (χ4n) is 3.60. The molecule has 27 heavy (non-hydrogen) atoms. The second-order valence-electron chi connectivity index (χ2n) is 6.87. The number of sulfonamides is 1. The molecule has 0 aliphatic heterocycles. The highest BCUT2D eigenvalue weighted by Gasteiger charge is 2.27. The summed E-state index contributed by atoms with van der Waals surface area (Å²) in [6.45, 7) is 3.10. The Morgan fingerprint density at radius 2 is 1.93 bits per heavy atom. The lowest BCUT2D eigenvalue weighted by Crippen LogP contribution is -2.19. The lowest BCUT2D eigenvalue weighted by molar-refractivity contribution is 0.0889. The third kappa shape index (κ3) is 4.00. The number of anilines is 1. The maximum atomic E-state index is 12.8. The van der Waals surface area contributed by atoms with Crippen molar-refractivity contribution in [1.82, 2.24) is 5.16 Å². The molecule has 1 aromatic heterocycles. The number of aryl methyl sites for hydroxylation is 2. The van der Waals surface area contributed by atoms with Crippen LogP contribution in [0.25, 0.3) is 0 Å². The molecule has 0 radical (unpaired) electrons. The Morgan fingerprint density at radius 3 is 2.52 bits per heavy atom. The summed E-state index contributed by atoms with van der Waals surface area (Å²) in [6.07, 6.45) is 5.03. The number of nitrogens with zero attached hydrogens (tertiary/aromatic N) is 1. The van der Waals surface area contributed by atoms with Crippen LogP contribution in [0.4, 0.5) is 5.69 Å². The highest BCUT2D eigenvalue weighted by Crippen LogP contribution is 2.32. The molecule has 1 aromatic carbocycles. The minimum absolute atomic E-state index is 0.000773. The molecule has 8 heteroatoms. The van der Waals surface area contributed by atoms with Gasteiger partial charge in [0.1, 0.15) is 11.4 Å². The van der Waals surface area contributed by atoms with Gasteiger partial charge >= 0.3 is 0 Å². The summed E-state index contributed by atoms with van der Waals surface area (Å²) in [5.74, 6) is 0.591. The van der Waals surface area contributed by atoms with Crippen molar-refractivity contribution in [2.75, 3.05) is 11.8 Å². The molecule has 1 heterocycles. The van der Waals surface area contributed by atoms with E-state index in [1.54, 1.807) is 25.1 Å². The molecule has 0 spiro atoms. The molecule has 0 amide bonds. The Morgan fingerprint density at radius 1 is 1.22 bits per heavy atom. The summed E-state index contributed by atoms with van der Waals surface area (Å²) < 4.78 is 38.4. The molecule has 1 fully saturated rings. The maximum absolute atomic E-state index is 12.8. The largest absolute Gasteiger partial charge is 0.495 e. The zero-order valence-corrected chi connectivity index (χ0v) is 16.6. The predicted octanol–water partition coefficient (Wildman–Crippen LogP) is 3.86. The topological polar surface area (TPSA) is 98.5 Å². The number of hydrogen-bond donors (Lipinski definition) is 1. The molecule has 1 saturated carbocycles. The van der Waals surface area contributed by atoms with Crippen LogP contribution in [0.3, 0.4) is 0 Å². The van der Waals surface area contributed by atoms with E-state index in [1.165, 1.54) is 14.0 Å². The average Bonchev–Trinajstić information content (AvgIpc) is 3.00. The molecule has 146 valence electrons. The smallest absolute Gasteiger partial charge is 0.267 e. The van der Waals surface area contributed by atoms with Gasteiger partial charge in [0, 0.05) is 11.5 Å². The van der Waals surface area contributed by atoms with Crippen molar-refractivity contribution in [3.63, 3.8) is 0 Å². The molecule has 1 aliphatic carbocycles. The van der Waals surface area contributed by atoms with E-state index < -0.39 is 10.0 Å². The first-order valence-electron chi connectivity index (χ1n) is 9.01. The zero-order valence-electron chi connectivity index (χ0n) is 15.7. The Balaban J connectivity index is 1.93. The fourth-order valence-corrected chi connectivity index (χ4v) is 4.99. The second-order valence-corrected chi connectivity index (χ2v) is 8.49. The van der Waals surface area contributed by atoms with E-state index in [0.717, 1.165) is 32.1 Å². The lowest BCUT2D eigenvalue weighted by Gasteiger charge is -2.21. The number of Topliss-reactive ketones (excluding diaryl/α,β-unsaturated/α-hetero) is 1. The van der Waals surface area contributed by atoms with Crippen molar-refractivity contribution in [3.8, 4) is 5.75 Å². The summed E-state index contributed by atoms with van der Waals surface area (Å²) >= 11 is 0. The van der Waals surface area contributed by atoms with Crippen LogP contribution in [0.2, 0.25) is 0 Å². The Kier molecular flexibility index (Phi) is 5.55. The molecule has 2 aromatic rings. The number of ketones is 1. The van der Waals surface area contributed by atoms with Gasteiger partial charge < -0.3 is 9.26 Å². The molecule has 0 unspecified atom stereocenters. The summed E-state index contributed by atoms with van der Waals surface area (Å²) in [7, 11) is -2.48. The van der Waals surface area contributed by atoms with Crippen LogP contribution in [0.15, 0.2) is 27.6 Å². The van der Waals surface area contributed by atoms with Crippen molar-refractivity contribution < 1.29 is 22.5 Å². The van der Waals surface area contributed by atoms with Crippen LogP contribution in [-0.2, 0) is 10.0 Å². The number of benzene rings is 1. The number of hydrogen-bond acceptors (Lipinski definition) is 6. The van der Waals surface area contributed by atoms with Gasteiger partial charge in [0.25, 0.3) is 10.0 Å². The van der Waals surface area contributed by atoms with Gasteiger partial charge in [-0.05, 0) is 44.9 Å². The Hall–Kier alpha value is -2.35. The van der Waals surface area contributed by atoms with Gasteiger partial charge in [-0.3, -0.25) is 9.52 Å². The quantitative estimate of drug-likeness (QED) is 0.750. The number of rotatable bonds is 6. The van der Waals surface area contributed by atoms with Gasteiger partial charge in [0.15, 0.2) is 16.4 Å². The highest BCUT2D eigenvalue weighted by molar-refractivity contribution is 7.92. The molecule has 1 aliphatic rings. The van der Waals surface area contributed by atoms with Gasteiger partial charge in [-0.15, -0.1) is 0 Å². The van der Waals surface area contributed by atoms with Crippen molar-refractivity contribution in [2.24, 2.45) is 5.92 Å². The van der Waals surface area contributed by atoms with E-state index in [4.69, 9.17) is 9.26 Å². The Labute approximate surface area is 159 Å². The van der Waals surface area contributed by atoms with Crippen LogP contribution in [-0.4, -0.2) is 26.5 Å². The predicted molar refractivity (Wildman–Crippen MR) is 101 cm³/mol. The summed E-state index contributed by atoms with van der Waals surface area (Å²) in [4.78, 5) is 12.8. The third-order valence-electron chi connectivity index (χ3n) is 4.94.